The Morgan fingerprint density at radius 1 is 1.05 bits per heavy atom. The summed E-state index contributed by atoms with van der Waals surface area (Å²) in [5.74, 6) is -0.215. The van der Waals surface area contributed by atoms with Gasteiger partial charge in [-0.3, -0.25) is 0 Å². The van der Waals surface area contributed by atoms with E-state index in [0.717, 1.165) is 30.7 Å². The lowest BCUT2D eigenvalue weighted by atomic mass is 10.2. The fourth-order valence-electron chi connectivity index (χ4n) is 2.64. The van der Waals surface area contributed by atoms with Crippen LogP contribution in [0.1, 0.15) is 47.5 Å². The molecule has 3 nitrogen and oxygen atoms in total. The number of hydrogen-bond donors (Lipinski definition) is 0. The molecule has 0 saturated heterocycles. The van der Waals surface area contributed by atoms with E-state index >= 15 is 0 Å². The number of carbonyl (C=O) groups excluding carboxylic acids is 1. The second-order valence-electron chi connectivity index (χ2n) is 5.21. The highest BCUT2D eigenvalue weighted by atomic mass is 16.5. The van der Waals surface area contributed by atoms with Crippen LogP contribution in [0.25, 0.3) is 0 Å². The number of rotatable bonds is 10. The highest BCUT2D eigenvalue weighted by molar-refractivity contribution is 5.91. The summed E-state index contributed by atoms with van der Waals surface area (Å²) in [6.45, 7) is 15.3. The zero-order chi connectivity index (χ0) is 15.4. The summed E-state index contributed by atoms with van der Waals surface area (Å²) >= 11 is 0. The molecule has 0 unspecified atom stereocenters. The van der Waals surface area contributed by atoms with Crippen LogP contribution in [0, 0.1) is 0 Å². The van der Waals surface area contributed by atoms with E-state index in [2.05, 4.69) is 20.8 Å². The Kier molecular flexibility index (Phi) is 10.1. The number of esters is 1. The summed E-state index contributed by atoms with van der Waals surface area (Å²) < 4.78 is 6.47. The van der Waals surface area contributed by atoms with Gasteiger partial charge in [0.15, 0.2) is 0 Å². The maximum absolute atomic E-state index is 11.9. The summed E-state index contributed by atoms with van der Waals surface area (Å²) in [4.78, 5) is 11.9. The maximum Gasteiger partial charge on any atom is 0.337 e. The Morgan fingerprint density at radius 3 is 2.05 bits per heavy atom. The average molecular weight is 282 g/mol. The van der Waals surface area contributed by atoms with Crippen LogP contribution in [-0.2, 0) is 9.53 Å². The Balaban J connectivity index is 4.46. The number of hydrogen-bond acceptors (Lipinski definition) is 2. The first-order valence-corrected chi connectivity index (χ1v) is 7.90. The van der Waals surface area contributed by atoms with E-state index in [1.165, 1.54) is 12.8 Å². The van der Waals surface area contributed by atoms with Crippen LogP contribution in [0.15, 0.2) is 23.8 Å². The van der Waals surface area contributed by atoms with Crippen LogP contribution in [0.3, 0.4) is 0 Å². The minimum Gasteiger partial charge on any atom is -0.456 e. The van der Waals surface area contributed by atoms with E-state index in [1.54, 1.807) is 12.2 Å². The van der Waals surface area contributed by atoms with E-state index in [1.807, 2.05) is 19.9 Å². The molecule has 0 rings (SSSR count). The Hall–Kier alpha value is -1.09. The fraction of sp³-hybridized carbons (Fsp3) is 0.706. The van der Waals surface area contributed by atoms with E-state index in [4.69, 9.17) is 4.74 Å². The molecule has 0 heterocycles. The molecule has 0 bridgehead atoms. The molecular formula is C17H32NO2+. The quantitative estimate of drug-likeness (QED) is 0.264. The number of ether oxygens (including phenoxy) is 1. The molecule has 0 aliphatic carbocycles. The van der Waals surface area contributed by atoms with Gasteiger partial charge in [-0.2, -0.15) is 0 Å². The molecule has 0 aliphatic heterocycles. The molecule has 0 radical (unpaired) electrons. The van der Waals surface area contributed by atoms with Gasteiger partial charge in [-0.05, 0) is 33.6 Å². The summed E-state index contributed by atoms with van der Waals surface area (Å²) in [6.07, 6.45) is 7.78. The van der Waals surface area contributed by atoms with E-state index in [-0.39, 0.29) is 5.97 Å². The van der Waals surface area contributed by atoms with Crippen LogP contribution < -0.4 is 0 Å². The van der Waals surface area contributed by atoms with Crippen LogP contribution in [-0.4, -0.2) is 43.2 Å². The van der Waals surface area contributed by atoms with Gasteiger partial charge in [0, 0.05) is 0 Å². The fourth-order valence-corrected chi connectivity index (χ4v) is 2.64. The normalized spacial score (nSPS) is 12.9. The molecule has 116 valence electrons. The molecule has 0 N–H and O–H groups in total. The second kappa shape index (κ2) is 10.7. The predicted octanol–water partition coefficient (Wildman–Crippen LogP) is 3.71. The van der Waals surface area contributed by atoms with Crippen molar-refractivity contribution >= 4 is 5.97 Å². The molecule has 0 atom stereocenters. The van der Waals surface area contributed by atoms with Crippen LogP contribution in [0.2, 0.25) is 0 Å². The second-order valence-corrected chi connectivity index (χ2v) is 5.21. The van der Waals surface area contributed by atoms with Crippen molar-refractivity contribution in [3.63, 3.8) is 0 Å². The molecule has 0 spiro atoms. The third-order valence-electron chi connectivity index (χ3n) is 3.76. The van der Waals surface area contributed by atoms with Crippen LogP contribution >= 0.6 is 0 Å². The molecule has 0 fully saturated rings. The molecular weight excluding hydrogens is 250 g/mol. The lowest BCUT2D eigenvalue weighted by Gasteiger charge is -2.37. The zero-order valence-corrected chi connectivity index (χ0v) is 13.9. The summed E-state index contributed by atoms with van der Waals surface area (Å²) in [7, 11) is 0. The molecule has 0 aromatic carbocycles. The van der Waals surface area contributed by atoms with Gasteiger partial charge in [0.05, 0.1) is 25.2 Å². The molecule has 0 saturated carbocycles. The van der Waals surface area contributed by atoms with E-state index in [0.29, 0.717) is 12.2 Å². The summed E-state index contributed by atoms with van der Waals surface area (Å²) in [5.41, 5.74) is 0.632. The Labute approximate surface area is 124 Å². The van der Waals surface area contributed by atoms with Crippen molar-refractivity contribution in [2.75, 3.05) is 32.8 Å². The van der Waals surface area contributed by atoms with Crippen molar-refractivity contribution in [2.24, 2.45) is 0 Å². The first-order chi connectivity index (χ1) is 9.59. The van der Waals surface area contributed by atoms with Crippen LogP contribution in [0.4, 0.5) is 0 Å². The molecule has 3 heteroatoms. The van der Waals surface area contributed by atoms with Crippen molar-refractivity contribution < 1.29 is 14.0 Å². The largest absolute Gasteiger partial charge is 0.456 e. The molecule has 0 aromatic heterocycles. The monoisotopic (exact) mass is 282 g/mol. The third-order valence-corrected chi connectivity index (χ3v) is 3.76. The van der Waals surface area contributed by atoms with Gasteiger partial charge in [0.1, 0.15) is 13.2 Å². The van der Waals surface area contributed by atoms with Gasteiger partial charge in [-0.15, -0.1) is 0 Å². The summed E-state index contributed by atoms with van der Waals surface area (Å²) in [5, 5.41) is 0. The molecule has 0 aromatic rings. The molecule has 20 heavy (non-hydrogen) atoms. The SMILES string of the molecule is C/C=C\C(=C/C)C(=O)OCC[N+](CC)(CCC)CCC. The van der Waals surface area contributed by atoms with Gasteiger partial charge in [-0.25, -0.2) is 4.79 Å². The average Bonchev–Trinajstić information content (AvgIpc) is 2.44. The number of allylic oxidation sites excluding steroid dienone is 2. The lowest BCUT2D eigenvalue weighted by Crippen LogP contribution is -2.51. The minimum absolute atomic E-state index is 0.215. The Bertz CT molecular complexity index is 326. The third kappa shape index (κ3) is 6.38. The van der Waals surface area contributed by atoms with E-state index in [9.17, 15) is 4.79 Å². The number of likely N-dealkylation sites (N-methyl/N-ethyl adjacent to an activating group) is 1. The lowest BCUT2D eigenvalue weighted by molar-refractivity contribution is -0.926. The van der Waals surface area contributed by atoms with Crippen molar-refractivity contribution in [2.45, 2.75) is 47.5 Å². The van der Waals surface area contributed by atoms with Gasteiger partial charge in [0.2, 0.25) is 0 Å². The van der Waals surface area contributed by atoms with Crippen molar-refractivity contribution in [1.29, 1.82) is 0 Å². The predicted molar refractivity (Wildman–Crippen MR) is 85.5 cm³/mol. The van der Waals surface area contributed by atoms with E-state index < -0.39 is 0 Å². The van der Waals surface area contributed by atoms with Gasteiger partial charge in [-0.1, -0.05) is 32.1 Å². The topological polar surface area (TPSA) is 26.3 Å². The first kappa shape index (κ1) is 18.9. The Morgan fingerprint density at radius 2 is 1.65 bits per heavy atom. The molecule has 0 amide bonds. The van der Waals surface area contributed by atoms with Gasteiger partial charge in [0.25, 0.3) is 0 Å². The number of carbonyl (C=O) groups is 1. The number of nitrogens with zero attached hydrogens (tertiary/aromatic N) is 1. The van der Waals surface area contributed by atoms with Crippen LogP contribution in [0.5, 0.6) is 0 Å². The highest BCUT2D eigenvalue weighted by Gasteiger charge is 2.23. The standard InChI is InChI=1S/C17H32NO2/c1-6-11-16(9-4)17(19)20-15-14-18(10-5,12-7-2)13-8-3/h6,9,11H,7-8,10,12-15H2,1-5H3/q+1/b11-6-,16-9+. The van der Waals surface area contributed by atoms with Gasteiger partial charge < -0.3 is 9.22 Å². The summed E-state index contributed by atoms with van der Waals surface area (Å²) in [6, 6.07) is 0. The van der Waals surface area contributed by atoms with Gasteiger partial charge >= 0.3 is 5.97 Å². The van der Waals surface area contributed by atoms with Crippen molar-refractivity contribution in [1.82, 2.24) is 0 Å². The first-order valence-electron chi connectivity index (χ1n) is 7.90. The smallest absolute Gasteiger partial charge is 0.337 e. The number of quaternary nitrogens is 1. The maximum atomic E-state index is 11.9. The molecule has 0 aliphatic rings. The minimum atomic E-state index is -0.215. The van der Waals surface area contributed by atoms with Crippen molar-refractivity contribution in [3.05, 3.63) is 23.8 Å². The van der Waals surface area contributed by atoms with Crippen molar-refractivity contribution in [3.8, 4) is 0 Å². The zero-order valence-electron chi connectivity index (χ0n) is 13.9. The highest BCUT2D eigenvalue weighted by Crippen LogP contribution is 2.10.